The molecular weight excluding hydrogens is 453 g/mol. The van der Waals surface area contributed by atoms with E-state index in [2.05, 4.69) is 5.32 Å². The first-order valence-electron chi connectivity index (χ1n) is 10.3. The van der Waals surface area contributed by atoms with Crippen LogP contribution in [0, 0.1) is 11.8 Å². The van der Waals surface area contributed by atoms with Crippen molar-refractivity contribution in [2.45, 2.75) is 13.5 Å². The Hall–Kier alpha value is -2.77. The van der Waals surface area contributed by atoms with Crippen molar-refractivity contribution in [2.75, 3.05) is 31.5 Å². The summed E-state index contributed by atoms with van der Waals surface area (Å²) in [6.45, 7) is 3.86. The molecule has 2 saturated heterocycles. The molecule has 2 aliphatic rings. The summed E-state index contributed by atoms with van der Waals surface area (Å²) >= 11 is 12.0. The quantitative estimate of drug-likeness (QED) is 0.714. The van der Waals surface area contributed by atoms with Gasteiger partial charge in [-0.15, -0.1) is 0 Å². The van der Waals surface area contributed by atoms with Crippen LogP contribution in [-0.2, 0) is 16.1 Å². The van der Waals surface area contributed by atoms with Gasteiger partial charge in [-0.1, -0.05) is 23.2 Å². The molecule has 32 heavy (non-hydrogen) atoms. The van der Waals surface area contributed by atoms with Gasteiger partial charge in [-0.05, 0) is 48.0 Å². The molecule has 2 aliphatic heterocycles. The number of carbonyl (C=O) groups is 3. The fourth-order valence-corrected chi connectivity index (χ4v) is 4.89. The van der Waals surface area contributed by atoms with Crippen molar-refractivity contribution in [3.8, 4) is 0 Å². The zero-order valence-corrected chi connectivity index (χ0v) is 19.0. The maximum absolute atomic E-state index is 12.9. The fourth-order valence-electron chi connectivity index (χ4n) is 4.32. The second kappa shape index (κ2) is 9.38. The monoisotopic (exact) mass is 475 g/mol. The zero-order chi connectivity index (χ0) is 22.8. The molecule has 0 spiro atoms. The lowest BCUT2D eigenvalue weighted by atomic mass is 10.0. The van der Waals surface area contributed by atoms with Gasteiger partial charge in [-0.3, -0.25) is 9.59 Å². The van der Waals surface area contributed by atoms with E-state index < -0.39 is 0 Å². The number of likely N-dealkylation sites (tertiary alicyclic amines) is 2. The lowest BCUT2D eigenvalue weighted by Crippen LogP contribution is -2.35. The predicted octanol–water partition coefficient (Wildman–Crippen LogP) is 4.29. The molecule has 4 rings (SSSR count). The number of ether oxygens (including phenoxy) is 1. The Morgan fingerprint density at radius 2 is 1.50 bits per heavy atom. The second-order valence-corrected chi connectivity index (χ2v) is 9.10. The van der Waals surface area contributed by atoms with Crippen LogP contribution in [0.3, 0.4) is 0 Å². The number of benzene rings is 2. The highest BCUT2D eigenvalue weighted by molar-refractivity contribution is 6.34. The molecular formula is C23H23Cl2N3O4. The standard InChI is InChI=1S/C23H23Cl2N3O4/c1-14(29)26-21-4-2-16(3-5-21)22(30)27-9-17-11-28(12-18(17)10-27)23(31)32-13-15-6-19(24)8-20(25)7-15/h2-8,17-18H,9-13H2,1H3,(H,26,29)/t17-,18-/m0/s1. The van der Waals surface area contributed by atoms with Gasteiger partial charge in [0.15, 0.2) is 0 Å². The molecule has 168 valence electrons. The van der Waals surface area contributed by atoms with Crippen molar-refractivity contribution in [3.63, 3.8) is 0 Å². The summed E-state index contributed by atoms with van der Waals surface area (Å²) in [6.07, 6.45) is -0.373. The van der Waals surface area contributed by atoms with Crippen molar-refractivity contribution in [1.29, 1.82) is 0 Å². The molecule has 9 heteroatoms. The lowest BCUT2D eigenvalue weighted by Gasteiger charge is -2.22. The normalized spacial score (nSPS) is 19.6. The molecule has 0 bridgehead atoms. The van der Waals surface area contributed by atoms with Crippen LogP contribution in [0.4, 0.5) is 10.5 Å². The summed E-state index contributed by atoms with van der Waals surface area (Å²) in [5.74, 6) is 0.258. The SMILES string of the molecule is CC(=O)Nc1ccc(C(=O)N2C[C@H]3CN(C(=O)OCc4cc(Cl)cc(Cl)c4)C[C@@H]3C2)cc1. The van der Waals surface area contributed by atoms with Crippen LogP contribution < -0.4 is 5.32 Å². The lowest BCUT2D eigenvalue weighted by molar-refractivity contribution is -0.114. The molecule has 0 aliphatic carbocycles. The summed E-state index contributed by atoms with van der Waals surface area (Å²) in [7, 11) is 0. The molecule has 0 saturated carbocycles. The molecule has 7 nitrogen and oxygen atoms in total. The average Bonchev–Trinajstić information content (AvgIpc) is 3.30. The Bertz CT molecular complexity index is 1010. The zero-order valence-electron chi connectivity index (χ0n) is 17.5. The van der Waals surface area contributed by atoms with Gasteiger partial charge in [0.2, 0.25) is 5.91 Å². The highest BCUT2D eigenvalue weighted by atomic mass is 35.5. The number of hydrogen-bond acceptors (Lipinski definition) is 4. The molecule has 0 unspecified atom stereocenters. The first-order chi connectivity index (χ1) is 15.3. The third-order valence-electron chi connectivity index (χ3n) is 5.77. The van der Waals surface area contributed by atoms with E-state index >= 15 is 0 Å². The fraction of sp³-hybridized carbons (Fsp3) is 0.348. The van der Waals surface area contributed by atoms with Crippen molar-refractivity contribution in [2.24, 2.45) is 11.8 Å². The third kappa shape index (κ3) is 5.16. The Kier molecular flexibility index (Phi) is 6.58. The van der Waals surface area contributed by atoms with E-state index in [-0.39, 0.29) is 36.4 Å². The van der Waals surface area contributed by atoms with Gasteiger partial charge in [0.25, 0.3) is 5.91 Å². The van der Waals surface area contributed by atoms with Crippen LogP contribution in [0.25, 0.3) is 0 Å². The summed E-state index contributed by atoms with van der Waals surface area (Å²) in [4.78, 5) is 40.0. The molecule has 2 aromatic rings. The molecule has 0 aromatic heterocycles. The number of halogens is 2. The summed E-state index contributed by atoms with van der Waals surface area (Å²) in [5, 5.41) is 3.68. The van der Waals surface area contributed by atoms with Crippen LogP contribution in [0.15, 0.2) is 42.5 Å². The van der Waals surface area contributed by atoms with Gasteiger partial charge in [0.05, 0.1) is 0 Å². The second-order valence-electron chi connectivity index (χ2n) is 8.23. The number of rotatable bonds is 4. The largest absolute Gasteiger partial charge is 0.445 e. The average molecular weight is 476 g/mol. The highest BCUT2D eigenvalue weighted by Crippen LogP contribution is 2.32. The number of anilines is 1. The molecule has 2 heterocycles. The molecule has 1 N–H and O–H groups in total. The predicted molar refractivity (Wildman–Crippen MR) is 122 cm³/mol. The van der Waals surface area contributed by atoms with E-state index in [4.69, 9.17) is 27.9 Å². The van der Waals surface area contributed by atoms with Crippen molar-refractivity contribution < 1.29 is 19.1 Å². The van der Waals surface area contributed by atoms with Gasteiger partial charge in [0.1, 0.15) is 6.61 Å². The van der Waals surface area contributed by atoms with Crippen LogP contribution >= 0.6 is 23.2 Å². The molecule has 2 atom stereocenters. The van der Waals surface area contributed by atoms with Crippen molar-refractivity contribution >= 4 is 46.8 Å². The first kappa shape index (κ1) is 22.4. The van der Waals surface area contributed by atoms with Gasteiger partial charge in [-0.25, -0.2) is 4.79 Å². The minimum atomic E-state index is -0.373. The van der Waals surface area contributed by atoms with Crippen LogP contribution in [0.2, 0.25) is 10.0 Å². The van der Waals surface area contributed by atoms with E-state index in [0.29, 0.717) is 47.5 Å². The topological polar surface area (TPSA) is 79.0 Å². The van der Waals surface area contributed by atoms with E-state index in [1.54, 1.807) is 47.4 Å². The first-order valence-corrected chi connectivity index (χ1v) is 11.1. The molecule has 0 radical (unpaired) electrons. The van der Waals surface area contributed by atoms with Gasteiger partial charge in [-0.2, -0.15) is 0 Å². The van der Waals surface area contributed by atoms with E-state index in [9.17, 15) is 14.4 Å². The maximum Gasteiger partial charge on any atom is 0.410 e. The number of hydrogen-bond donors (Lipinski definition) is 1. The van der Waals surface area contributed by atoms with Crippen LogP contribution in [-0.4, -0.2) is 53.9 Å². The molecule has 2 fully saturated rings. The number of amides is 3. The number of fused-ring (bicyclic) bond motifs is 1. The maximum atomic E-state index is 12.9. The molecule has 3 amide bonds. The van der Waals surface area contributed by atoms with Gasteiger partial charge < -0.3 is 19.9 Å². The minimum Gasteiger partial charge on any atom is -0.445 e. The van der Waals surface area contributed by atoms with Crippen molar-refractivity contribution in [1.82, 2.24) is 9.80 Å². The van der Waals surface area contributed by atoms with Crippen LogP contribution in [0.5, 0.6) is 0 Å². The summed E-state index contributed by atoms with van der Waals surface area (Å²) in [5.41, 5.74) is 1.97. The number of nitrogens with one attached hydrogen (secondary N) is 1. The smallest absolute Gasteiger partial charge is 0.410 e. The van der Waals surface area contributed by atoms with E-state index in [0.717, 1.165) is 5.56 Å². The van der Waals surface area contributed by atoms with Crippen molar-refractivity contribution in [3.05, 3.63) is 63.6 Å². The third-order valence-corrected chi connectivity index (χ3v) is 6.20. The van der Waals surface area contributed by atoms with Crippen LogP contribution in [0.1, 0.15) is 22.8 Å². The summed E-state index contributed by atoms with van der Waals surface area (Å²) in [6, 6.07) is 11.9. The van der Waals surface area contributed by atoms with E-state index in [1.165, 1.54) is 6.92 Å². The molecule has 2 aromatic carbocycles. The van der Waals surface area contributed by atoms with Gasteiger partial charge in [0, 0.05) is 66.2 Å². The number of nitrogens with zero attached hydrogens (tertiary/aromatic N) is 2. The van der Waals surface area contributed by atoms with E-state index in [1.807, 2.05) is 4.90 Å². The highest BCUT2D eigenvalue weighted by Gasteiger charge is 2.43. The Balaban J connectivity index is 1.28. The Labute approximate surface area is 196 Å². The van der Waals surface area contributed by atoms with Gasteiger partial charge >= 0.3 is 6.09 Å². The minimum absolute atomic E-state index is 0.0410. The Morgan fingerprint density at radius 3 is 2.06 bits per heavy atom. The number of carbonyl (C=O) groups excluding carboxylic acids is 3. The summed E-state index contributed by atoms with van der Waals surface area (Å²) < 4.78 is 5.43. The Morgan fingerprint density at radius 1 is 0.938 bits per heavy atom.